The number of carbonyl (C=O) groups is 1. The zero-order chi connectivity index (χ0) is 14.7. The molecule has 0 fully saturated rings. The third-order valence-electron chi connectivity index (χ3n) is 3.05. The van der Waals surface area contributed by atoms with Crippen molar-refractivity contribution in [1.82, 2.24) is 10.2 Å². The number of amides is 1. The predicted octanol–water partition coefficient (Wildman–Crippen LogP) is 1.65. The average molecular weight is 273 g/mol. The zero-order valence-corrected chi connectivity index (χ0v) is 11.5. The summed E-state index contributed by atoms with van der Waals surface area (Å²) in [5, 5.41) is 8.80. The van der Waals surface area contributed by atoms with Gasteiger partial charge in [0.15, 0.2) is 0 Å². The van der Waals surface area contributed by atoms with Gasteiger partial charge in [-0.3, -0.25) is 9.59 Å². The van der Waals surface area contributed by atoms with Crippen LogP contribution in [-0.4, -0.2) is 23.2 Å². The van der Waals surface area contributed by atoms with Crippen molar-refractivity contribution in [3.8, 4) is 5.75 Å². The summed E-state index contributed by atoms with van der Waals surface area (Å²) in [6.07, 6.45) is 0. The number of methoxy groups -OCH3 is 1. The van der Waals surface area contributed by atoms with E-state index in [1.807, 2.05) is 0 Å². The number of benzene rings is 1. The van der Waals surface area contributed by atoms with Gasteiger partial charge in [0.2, 0.25) is 0 Å². The van der Waals surface area contributed by atoms with E-state index in [0.29, 0.717) is 22.7 Å². The highest BCUT2D eigenvalue weighted by atomic mass is 16.5. The first kappa shape index (κ1) is 13.8. The maximum Gasteiger partial charge on any atom is 0.277 e. The fourth-order valence-corrected chi connectivity index (χ4v) is 1.83. The van der Waals surface area contributed by atoms with Crippen molar-refractivity contribution in [1.29, 1.82) is 0 Å². The number of anilines is 1. The van der Waals surface area contributed by atoms with Gasteiger partial charge >= 0.3 is 0 Å². The van der Waals surface area contributed by atoms with Gasteiger partial charge in [-0.15, -0.1) is 0 Å². The summed E-state index contributed by atoms with van der Waals surface area (Å²) in [6, 6.07) is 6.99. The number of para-hydroxylation sites is 2. The molecule has 6 heteroatoms. The molecule has 0 saturated heterocycles. The van der Waals surface area contributed by atoms with E-state index in [-0.39, 0.29) is 5.56 Å². The van der Waals surface area contributed by atoms with Crippen LogP contribution in [0.15, 0.2) is 29.1 Å². The quantitative estimate of drug-likeness (QED) is 0.890. The number of aromatic nitrogens is 2. The number of aryl methyl sites for hydroxylation is 1. The Hall–Kier alpha value is -2.63. The van der Waals surface area contributed by atoms with E-state index in [1.165, 1.54) is 7.11 Å². The Kier molecular flexibility index (Phi) is 3.84. The third-order valence-corrected chi connectivity index (χ3v) is 3.05. The van der Waals surface area contributed by atoms with Crippen LogP contribution in [0, 0.1) is 13.8 Å². The lowest BCUT2D eigenvalue weighted by Gasteiger charge is -2.11. The van der Waals surface area contributed by atoms with E-state index in [2.05, 4.69) is 15.5 Å². The third kappa shape index (κ3) is 2.54. The maximum atomic E-state index is 12.3. The molecule has 2 N–H and O–H groups in total. The first-order chi connectivity index (χ1) is 9.54. The summed E-state index contributed by atoms with van der Waals surface area (Å²) in [5.74, 6) is 0.0412. The van der Waals surface area contributed by atoms with Crippen molar-refractivity contribution >= 4 is 11.6 Å². The van der Waals surface area contributed by atoms with E-state index in [0.717, 1.165) is 0 Å². The highest BCUT2D eigenvalue weighted by Crippen LogP contribution is 2.23. The highest BCUT2D eigenvalue weighted by Gasteiger charge is 2.17. The van der Waals surface area contributed by atoms with E-state index < -0.39 is 11.5 Å². The molecule has 0 bridgehead atoms. The van der Waals surface area contributed by atoms with E-state index in [4.69, 9.17) is 4.74 Å². The molecule has 2 rings (SSSR count). The fraction of sp³-hybridized carbons (Fsp3) is 0.214. The summed E-state index contributed by atoms with van der Waals surface area (Å²) in [7, 11) is 1.51. The minimum Gasteiger partial charge on any atom is -0.495 e. The lowest BCUT2D eigenvalue weighted by atomic mass is 10.1. The van der Waals surface area contributed by atoms with Crippen molar-refractivity contribution in [2.75, 3.05) is 12.4 Å². The van der Waals surface area contributed by atoms with Crippen molar-refractivity contribution in [2.24, 2.45) is 0 Å². The molecule has 0 aliphatic carbocycles. The van der Waals surface area contributed by atoms with Crippen LogP contribution in [0.3, 0.4) is 0 Å². The summed E-state index contributed by atoms with van der Waals surface area (Å²) in [4.78, 5) is 24.0. The molecule has 0 spiro atoms. The standard InChI is InChI=1S/C14H15N3O3/c1-8-9(2)16-17-14(19)12(8)13(18)15-10-6-4-5-7-11(10)20-3/h4-7H,1-3H3,(H,15,18)(H,17,19). The topological polar surface area (TPSA) is 84.1 Å². The van der Waals surface area contributed by atoms with Gasteiger partial charge in [0, 0.05) is 0 Å². The van der Waals surface area contributed by atoms with Gasteiger partial charge < -0.3 is 10.1 Å². The maximum absolute atomic E-state index is 12.3. The summed E-state index contributed by atoms with van der Waals surface area (Å²) in [6.45, 7) is 3.42. The molecule has 104 valence electrons. The number of nitrogens with zero attached hydrogens (tertiary/aromatic N) is 1. The SMILES string of the molecule is COc1ccccc1NC(=O)c1c(C)c(C)n[nH]c1=O. The Morgan fingerprint density at radius 2 is 2.00 bits per heavy atom. The van der Waals surface area contributed by atoms with Crippen molar-refractivity contribution in [2.45, 2.75) is 13.8 Å². The minimum absolute atomic E-state index is 0.0587. The van der Waals surface area contributed by atoms with Crippen LogP contribution >= 0.6 is 0 Å². The van der Waals surface area contributed by atoms with E-state index in [9.17, 15) is 9.59 Å². The first-order valence-electron chi connectivity index (χ1n) is 6.05. The molecular weight excluding hydrogens is 258 g/mol. The monoisotopic (exact) mass is 273 g/mol. The Morgan fingerprint density at radius 1 is 1.30 bits per heavy atom. The zero-order valence-electron chi connectivity index (χ0n) is 11.5. The van der Waals surface area contributed by atoms with Gasteiger partial charge in [-0.2, -0.15) is 5.10 Å². The van der Waals surface area contributed by atoms with Crippen LogP contribution in [0.5, 0.6) is 5.75 Å². The summed E-state index contributed by atoms with van der Waals surface area (Å²) < 4.78 is 5.15. The van der Waals surface area contributed by atoms with Crippen LogP contribution in [0.25, 0.3) is 0 Å². The Balaban J connectivity index is 2.39. The average Bonchev–Trinajstić information content (AvgIpc) is 2.44. The molecular formula is C14H15N3O3. The minimum atomic E-state index is -0.513. The Bertz CT molecular complexity index is 707. The highest BCUT2D eigenvalue weighted by molar-refractivity contribution is 6.05. The Labute approximate surface area is 115 Å². The number of hydrogen-bond acceptors (Lipinski definition) is 4. The fourth-order valence-electron chi connectivity index (χ4n) is 1.83. The molecule has 2 aromatic rings. The molecule has 0 aliphatic rings. The van der Waals surface area contributed by atoms with Gasteiger partial charge in [0.05, 0.1) is 18.5 Å². The lowest BCUT2D eigenvalue weighted by molar-refractivity contribution is 0.102. The van der Waals surface area contributed by atoms with Crippen molar-refractivity contribution in [3.63, 3.8) is 0 Å². The number of H-pyrrole nitrogens is 1. The second kappa shape index (κ2) is 5.56. The van der Waals surface area contributed by atoms with Crippen LogP contribution in [0.1, 0.15) is 21.6 Å². The molecule has 1 amide bonds. The van der Waals surface area contributed by atoms with E-state index in [1.54, 1.807) is 38.1 Å². The molecule has 0 radical (unpaired) electrons. The van der Waals surface area contributed by atoms with Gasteiger partial charge in [-0.05, 0) is 31.5 Å². The number of ether oxygens (including phenoxy) is 1. The second-order valence-electron chi connectivity index (χ2n) is 4.29. The molecule has 20 heavy (non-hydrogen) atoms. The molecule has 1 heterocycles. The second-order valence-corrected chi connectivity index (χ2v) is 4.29. The molecule has 6 nitrogen and oxygen atoms in total. The molecule has 0 atom stereocenters. The van der Waals surface area contributed by atoms with Crippen molar-refractivity contribution in [3.05, 3.63) is 51.4 Å². The number of nitrogens with one attached hydrogen (secondary N) is 2. The first-order valence-corrected chi connectivity index (χ1v) is 6.05. The normalized spacial score (nSPS) is 10.2. The van der Waals surface area contributed by atoms with Crippen LogP contribution in [0.2, 0.25) is 0 Å². The summed E-state index contributed by atoms with van der Waals surface area (Å²) >= 11 is 0. The number of carbonyl (C=O) groups excluding carboxylic acids is 1. The van der Waals surface area contributed by atoms with Crippen LogP contribution in [-0.2, 0) is 0 Å². The molecule has 1 aromatic heterocycles. The predicted molar refractivity (Wildman–Crippen MR) is 75.3 cm³/mol. The lowest BCUT2D eigenvalue weighted by Crippen LogP contribution is -2.26. The molecule has 1 aromatic carbocycles. The van der Waals surface area contributed by atoms with Gasteiger partial charge in [-0.25, -0.2) is 5.10 Å². The summed E-state index contributed by atoms with van der Waals surface area (Å²) in [5.41, 5.74) is 1.22. The van der Waals surface area contributed by atoms with Gasteiger partial charge in [0.25, 0.3) is 11.5 Å². The van der Waals surface area contributed by atoms with Gasteiger partial charge in [-0.1, -0.05) is 12.1 Å². The molecule has 0 aliphatic heterocycles. The number of hydrogen-bond donors (Lipinski definition) is 2. The Morgan fingerprint density at radius 3 is 2.70 bits per heavy atom. The van der Waals surface area contributed by atoms with E-state index >= 15 is 0 Å². The number of aromatic amines is 1. The largest absolute Gasteiger partial charge is 0.495 e. The smallest absolute Gasteiger partial charge is 0.277 e. The number of rotatable bonds is 3. The van der Waals surface area contributed by atoms with Crippen LogP contribution in [0.4, 0.5) is 5.69 Å². The van der Waals surface area contributed by atoms with Crippen molar-refractivity contribution < 1.29 is 9.53 Å². The van der Waals surface area contributed by atoms with Crippen LogP contribution < -0.4 is 15.6 Å². The van der Waals surface area contributed by atoms with Gasteiger partial charge in [0.1, 0.15) is 11.3 Å². The molecule has 0 unspecified atom stereocenters. The molecule has 0 saturated carbocycles.